The Balaban J connectivity index is 1.51. The zero-order valence-corrected chi connectivity index (χ0v) is 16.4. The molecule has 0 aliphatic carbocycles. The Morgan fingerprint density at radius 2 is 1.86 bits per heavy atom. The van der Waals surface area contributed by atoms with Crippen molar-refractivity contribution in [3.63, 3.8) is 0 Å². The molecule has 9 heteroatoms. The predicted octanol–water partition coefficient (Wildman–Crippen LogP) is 0.888. The first-order valence-electron chi connectivity index (χ1n) is 9.98. The second-order valence-corrected chi connectivity index (χ2v) is 7.17. The van der Waals surface area contributed by atoms with Crippen molar-refractivity contribution in [2.24, 2.45) is 0 Å². The van der Waals surface area contributed by atoms with Crippen LogP contribution in [-0.2, 0) is 13.0 Å². The maximum atomic E-state index is 13.2. The third-order valence-corrected chi connectivity index (χ3v) is 5.33. The van der Waals surface area contributed by atoms with Crippen LogP contribution in [0.1, 0.15) is 39.6 Å². The summed E-state index contributed by atoms with van der Waals surface area (Å²) >= 11 is 0. The van der Waals surface area contributed by atoms with Crippen LogP contribution in [0.15, 0.2) is 31.1 Å². The number of aromatic nitrogens is 4. The van der Waals surface area contributed by atoms with Crippen LogP contribution in [0.4, 0.5) is 5.95 Å². The third-order valence-electron chi connectivity index (χ3n) is 5.33. The summed E-state index contributed by atoms with van der Waals surface area (Å²) in [5.74, 6) is 0.631. The zero-order chi connectivity index (χ0) is 20.2. The number of piperazine rings is 1. The maximum Gasteiger partial charge on any atom is 0.287 e. The normalized spacial score (nSPS) is 16.3. The zero-order valence-electron chi connectivity index (χ0n) is 16.4. The fourth-order valence-electron chi connectivity index (χ4n) is 3.85. The Hall–Kier alpha value is -3.23. The van der Waals surface area contributed by atoms with Crippen LogP contribution in [0, 0.1) is 0 Å². The number of nitrogens with zero attached hydrogens (tertiary/aromatic N) is 6. The first kappa shape index (κ1) is 19.1. The summed E-state index contributed by atoms with van der Waals surface area (Å²) in [4.78, 5) is 42.6. The minimum absolute atomic E-state index is 0.105. The van der Waals surface area contributed by atoms with E-state index in [4.69, 9.17) is 0 Å². The molecular formula is C20H25N7O2. The first-order valence-corrected chi connectivity index (χ1v) is 9.98. The second-order valence-electron chi connectivity index (χ2n) is 7.17. The number of carbonyl (C=O) groups is 2. The van der Waals surface area contributed by atoms with Gasteiger partial charge in [-0.15, -0.1) is 6.58 Å². The van der Waals surface area contributed by atoms with Crippen molar-refractivity contribution in [1.82, 2.24) is 29.7 Å². The molecule has 4 rings (SSSR count). The minimum atomic E-state index is -0.266. The van der Waals surface area contributed by atoms with E-state index in [9.17, 15) is 9.59 Å². The quantitative estimate of drug-likeness (QED) is 0.756. The fraction of sp³-hybridized carbons (Fsp3) is 0.450. The van der Waals surface area contributed by atoms with Gasteiger partial charge in [0.15, 0.2) is 5.82 Å². The molecule has 4 heterocycles. The van der Waals surface area contributed by atoms with Crippen LogP contribution in [0.2, 0.25) is 0 Å². The van der Waals surface area contributed by atoms with Gasteiger partial charge < -0.3 is 19.7 Å². The van der Waals surface area contributed by atoms with E-state index in [1.807, 2.05) is 9.47 Å². The molecule has 152 valence electrons. The second kappa shape index (κ2) is 8.42. The molecule has 9 nitrogen and oxygen atoms in total. The molecule has 2 aromatic heterocycles. The fourth-order valence-corrected chi connectivity index (χ4v) is 3.85. The van der Waals surface area contributed by atoms with Crippen LogP contribution in [0.25, 0.3) is 0 Å². The molecule has 2 aliphatic rings. The van der Waals surface area contributed by atoms with E-state index in [0.29, 0.717) is 56.7 Å². The van der Waals surface area contributed by atoms with Crippen LogP contribution in [0.3, 0.4) is 0 Å². The lowest BCUT2D eigenvalue weighted by atomic mass is 10.1. The van der Waals surface area contributed by atoms with Gasteiger partial charge in [0, 0.05) is 51.7 Å². The Morgan fingerprint density at radius 1 is 1.10 bits per heavy atom. The highest BCUT2D eigenvalue weighted by Crippen LogP contribution is 2.23. The molecule has 0 spiro atoms. The SMILES string of the molecule is C=CCNC(=O)c1nc(C(=O)N2CCN(c3ncccn3)CC2)c2n1CCCC2. The van der Waals surface area contributed by atoms with Crippen molar-refractivity contribution < 1.29 is 9.59 Å². The van der Waals surface area contributed by atoms with Gasteiger partial charge in [0.2, 0.25) is 5.95 Å². The van der Waals surface area contributed by atoms with E-state index in [1.54, 1.807) is 24.5 Å². The van der Waals surface area contributed by atoms with E-state index < -0.39 is 0 Å². The Morgan fingerprint density at radius 3 is 2.59 bits per heavy atom. The monoisotopic (exact) mass is 395 g/mol. The average molecular weight is 395 g/mol. The van der Waals surface area contributed by atoms with Crippen LogP contribution in [-0.4, -0.2) is 69.0 Å². The molecule has 2 amide bonds. The smallest absolute Gasteiger partial charge is 0.287 e. The van der Waals surface area contributed by atoms with Crippen molar-refractivity contribution in [3.05, 3.63) is 48.3 Å². The summed E-state index contributed by atoms with van der Waals surface area (Å²) in [6, 6.07) is 1.79. The van der Waals surface area contributed by atoms with Gasteiger partial charge in [-0.25, -0.2) is 15.0 Å². The van der Waals surface area contributed by atoms with E-state index in [2.05, 4.69) is 31.7 Å². The highest BCUT2D eigenvalue weighted by atomic mass is 16.2. The average Bonchev–Trinajstić information content (AvgIpc) is 3.17. The molecule has 1 fully saturated rings. The Labute approximate surface area is 169 Å². The number of amides is 2. The van der Waals surface area contributed by atoms with Crippen LogP contribution >= 0.6 is 0 Å². The van der Waals surface area contributed by atoms with Gasteiger partial charge in [-0.05, 0) is 25.3 Å². The Kier molecular flexibility index (Phi) is 5.55. The van der Waals surface area contributed by atoms with Gasteiger partial charge in [-0.3, -0.25) is 9.59 Å². The molecule has 0 saturated carbocycles. The topological polar surface area (TPSA) is 96.2 Å². The van der Waals surface area contributed by atoms with Crippen molar-refractivity contribution in [2.45, 2.75) is 25.8 Å². The summed E-state index contributed by atoms with van der Waals surface area (Å²) in [6.45, 7) is 7.18. The van der Waals surface area contributed by atoms with Gasteiger partial charge in [-0.1, -0.05) is 6.08 Å². The van der Waals surface area contributed by atoms with Gasteiger partial charge >= 0.3 is 0 Å². The number of fused-ring (bicyclic) bond motifs is 1. The van der Waals surface area contributed by atoms with Gasteiger partial charge in [0.1, 0.15) is 5.69 Å². The molecule has 1 N–H and O–H groups in total. The predicted molar refractivity (Wildman–Crippen MR) is 108 cm³/mol. The van der Waals surface area contributed by atoms with Crippen molar-refractivity contribution in [3.8, 4) is 0 Å². The van der Waals surface area contributed by atoms with Crippen molar-refractivity contribution in [1.29, 1.82) is 0 Å². The van der Waals surface area contributed by atoms with E-state index in [-0.39, 0.29) is 11.8 Å². The maximum absolute atomic E-state index is 13.2. The summed E-state index contributed by atoms with van der Waals surface area (Å²) in [7, 11) is 0. The number of carbonyl (C=O) groups excluding carboxylic acids is 2. The molecule has 2 aromatic rings. The number of nitrogens with one attached hydrogen (secondary N) is 1. The molecule has 0 atom stereocenters. The first-order chi connectivity index (χ1) is 14.2. The minimum Gasteiger partial charge on any atom is -0.346 e. The summed E-state index contributed by atoms with van der Waals surface area (Å²) < 4.78 is 1.91. The number of hydrogen-bond acceptors (Lipinski definition) is 6. The summed E-state index contributed by atoms with van der Waals surface area (Å²) in [5, 5.41) is 2.77. The molecule has 29 heavy (non-hydrogen) atoms. The standard InChI is InChI=1S/C20H25N7O2/c1-2-7-21-18(28)17-24-16(15-6-3-4-10-27(15)17)19(29)25-11-13-26(14-12-25)20-22-8-5-9-23-20/h2,5,8-9H,1,3-4,6-7,10-14H2,(H,21,28). The number of anilines is 1. The van der Waals surface area contributed by atoms with Crippen molar-refractivity contribution >= 4 is 17.8 Å². The molecule has 0 bridgehead atoms. The number of rotatable bonds is 5. The molecule has 2 aliphatic heterocycles. The summed E-state index contributed by atoms with van der Waals surface area (Å²) in [6.07, 6.45) is 7.81. The van der Waals surface area contributed by atoms with Crippen LogP contribution < -0.4 is 10.2 Å². The molecular weight excluding hydrogens is 370 g/mol. The highest BCUT2D eigenvalue weighted by molar-refractivity contribution is 5.97. The van der Waals surface area contributed by atoms with Gasteiger partial charge in [0.05, 0.1) is 5.69 Å². The lowest BCUT2D eigenvalue weighted by molar-refractivity contribution is 0.0739. The van der Waals surface area contributed by atoms with E-state index in [0.717, 1.165) is 25.0 Å². The van der Waals surface area contributed by atoms with Crippen molar-refractivity contribution in [2.75, 3.05) is 37.6 Å². The molecule has 1 saturated heterocycles. The van der Waals surface area contributed by atoms with E-state index >= 15 is 0 Å². The van der Waals surface area contributed by atoms with Crippen LogP contribution in [0.5, 0.6) is 0 Å². The number of hydrogen-bond donors (Lipinski definition) is 1. The van der Waals surface area contributed by atoms with Gasteiger partial charge in [0.25, 0.3) is 11.8 Å². The summed E-state index contributed by atoms with van der Waals surface area (Å²) in [5.41, 5.74) is 1.29. The molecule has 0 radical (unpaired) electrons. The molecule has 0 unspecified atom stereocenters. The third kappa shape index (κ3) is 3.85. The van der Waals surface area contributed by atoms with Gasteiger partial charge in [-0.2, -0.15) is 0 Å². The lowest BCUT2D eigenvalue weighted by Crippen LogP contribution is -2.49. The van der Waals surface area contributed by atoms with E-state index in [1.165, 1.54) is 0 Å². The lowest BCUT2D eigenvalue weighted by Gasteiger charge is -2.34. The number of imidazole rings is 1. The highest BCUT2D eigenvalue weighted by Gasteiger charge is 2.31. The Bertz CT molecular complexity index is 901. The molecule has 0 aromatic carbocycles. The largest absolute Gasteiger partial charge is 0.346 e.